The van der Waals surface area contributed by atoms with Crippen LogP contribution in [0, 0.1) is 5.92 Å². The molecular formula is C13H20N2. The van der Waals surface area contributed by atoms with Crippen molar-refractivity contribution in [2.24, 2.45) is 10.9 Å². The number of nitrogens with two attached hydrogens (primary N) is 1. The molecule has 82 valence electrons. The van der Waals surface area contributed by atoms with Gasteiger partial charge in [0.2, 0.25) is 0 Å². The molecular weight excluding hydrogens is 184 g/mol. The molecule has 0 aliphatic carbocycles. The van der Waals surface area contributed by atoms with Crippen molar-refractivity contribution in [1.82, 2.24) is 0 Å². The van der Waals surface area contributed by atoms with E-state index in [1.54, 1.807) is 0 Å². The van der Waals surface area contributed by atoms with Gasteiger partial charge in [-0.25, -0.2) is 0 Å². The van der Waals surface area contributed by atoms with Gasteiger partial charge in [-0.05, 0) is 31.4 Å². The standard InChI is InChI=1S/C13H20N2/c1-9(2)13(15-10(3)4)11-7-5-6-8-12(11)14/h5-9,13H,14H2,1-4H3. The maximum Gasteiger partial charge on any atom is 0.0790 e. The Morgan fingerprint density at radius 1 is 1.20 bits per heavy atom. The number of hydrogen-bond acceptors (Lipinski definition) is 2. The minimum atomic E-state index is 0.177. The lowest BCUT2D eigenvalue weighted by Crippen LogP contribution is -2.08. The molecule has 0 bridgehead atoms. The highest BCUT2D eigenvalue weighted by molar-refractivity contribution is 5.79. The summed E-state index contributed by atoms with van der Waals surface area (Å²) >= 11 is 0. The second-order valence-electron chi connectivity index (χ2n) is 4.39. The Kier molecular flexibility index (Phi) is 3.89. The van der Waals surface area contributed by atoms with Gasteiger partial charge in [-0.15, -0.1) is 0 Å². The molecule has 0 aromatic heterocycles. The number of anilines is 1. The van der Waals surface area contributed by atoms with Gasteiger partial charge < -0.3 is 5.73 Å². The Bertz CT molecular complexity index is 349. The molecule has 1 rings (SSSR count). The minimum absolute atomic E-state index is 0.177. The number of rotatable bonds is 3. The maximum absolute atomic E-state index is 5.97. The van der Waals surface area contributed by atoms with Crippen LogP contribution in [0.15, 0.2) is 29.3 Å². The summed E-state index contributed by atoms with van der Waals surface area (Å²) in [5.41, 5.74) is 9.03. The van der Waals surface area contributed by atoms with Gasteiger partial charge in [0.05, 0.1) is 6.04 Å². The number of benzene rings is 1. The summed E-state index contributed by atoms with van der Waals surface area (Å²) in [5, 5.41) is 0. The SMILES string of the molecule is CC(C)=NC(c1ccccc1N)C(C)C. The van der Waals surface area contributed by atoms with Crippen LogP contribution in [0.25, 0.3) is 0 Å². The second kappa shape index (κ2) is 4.96. The average Bonchev–Trinajstić information content (AvgIpc) is 2.15. The molecule has 0 radical (unpaired) electrons. The first-order chi connectivity index (χ1) is 7.02. The molecule has 1 atom stereocenters. The lowest BCUT2D eigenvalue weighted by Gasteiger charge is -2.19. The Hall–Kier alpha value is -1.31. The molecule has 1 unspecified atom stereocenters. The molecule has 1 aromatic carbocycles. The van der Waals surface area contributed by atoms with Gasteiger partial charge in [-0.2, -0.15) is 0 Å². The van der Waals surface area contributed by atoms with Gasteiger partial charge in [-0.3, -0.25) is 4.99 Å². The largest absolute Gasteiger partial charge is 0.398 e. The van der Waals surface area contributed by atoms with E-state index in [9.17, 15) is 0 Å². The van der Waals surface area contributed by atoms with Crippen molar-refractivity contribution >= 4 is 11.4 Å². The molecule has 0 saturated carbocycles. The van der Waals surface area contributed by atoms with E-state index >= 15 is 0 Å². The van der Waals surface area contributed by atoms with Crippen LogP contribution in [0.5, 0.6) is 0 Å². The van der Waals surface area contributed by atoms with Crippen molar-refractivity contribution < 1.29 is 0 Å². The number of hydrogen-bond donors (Lipinski definition) is 1. The van der Waals surface area contributed by atoms with Crippen molar-refractivity contribution in [3.05, 3.63) is 29.8 Å². The molecule has 0 fully saturated rings. The lowest BCUT2D eigenvalue weighted by molar-refractivity contribution is 0.518. The van der Waals surface area contributed by atoms with E-state index in [1.165, 1.54) is 0 Å². The molecule has 0 amide bonds. The van der Waals surface area contributed by atoms with E-state index in [0.29, 0.717) is 5.92 Å². The monoisotopic (exact) mass is 204 g/mol. The fraction of sp³-hybridized carbons (Fsp3) is 0.462. The van der Waals surface area contributed by atoms with E-state index in [2.05, 4.69) is 24.9 Å². The average molecular weight is 204 g/mol. The van der Waals surface area contributed by atoms with E-state index in [4.69, 9.17) is 5.73 Å². The summed E-state index contributed by atoms with van der Waals surface area (Å²) < 4.78 is 0. The highest BCUT2D eigenvalue weighted by Gasteiger charge is 2.16. The number of nitrogens with zero attached hydrogens (tertiary/aromatic N) is 1. The van der Waals surface area contributed by atoms with Gasteiger partial charge in [-0.1, -0.05) is 32.0 Å². The first-order valence-electron chi connectivity index (χ1n) is 5.37. The predicted molar refractivity (Wildman–Crippen MR) is 67.2 cm³/mol. The number of aliphatic imine (C=N–C) groups is 1. The smallest absolute Gasteiger partial charge is 0.0790 e. The second-order valence-corrected chi connectivity index (χ2v) is 4.39. The molecule has 0 heterocycles. The van der Waals surface area contributed by atoms with Crippen molar-refractivity contribution in [3.63, 3.8) is 0 Å². The maximum atomic E-state index is 5.97. The molecule has 0 aliphatic heterocycles. The van der Waals surface area contributed by atoms with Crippen LogP contribution in [-0.4, -0.2) is 5.71 Å². The first-order valence-corrected chi connectivity index (χ1v) is 5.37. The Labute approximate surface area is 92.2 Å². The third-order valence-corrected chi connectivity index (χ3v) is 2.34. The van der Waals surface area contributed by atoms with Crippen LogP contribution in [0.3, 0.4) is 0 Å². The van der Waals surface area contributed by atoms with Crippen LogP contribution >= 0.6 is 0 Å². The molecule has 1 aromatic rings. The Morgan fingerprint density at radius 2 is 1.80 bits per heavy atom. The zero-order chi connectivity index (χ0) is 11.4. The van der Waals surface area contributed by atoms with Crippen molar-refractivity contribution in [1.29, 1.82) is 0 Å². The summed E-state index contributed by atoms with van der Waals surface area (Å²) in [6.45, 7) is 8.39. The van der Waals surface area contributed by atoms with Gasteiger partial charge in [0.1, 0.15) is 0 Å². The molecule has 15 heavy (non-hydrogen) atoms. The van der Waals surface area contributed by atoms with Crippen LogP contribution in [-0.2, 0) is 0 Å². The Balaban J connectivity index is 3.10. The summed E-state index contributed by atoms with van der Waals surface area (Å²) in [6, 6.07) is 8.15. The van der Waals surface area contributed by atoms with E-state index in [0.717, 1.165) is 17.0 Å². The van der Waals surface area contributed by atoms with Crippen LogP contribution in [0.2, 0.25) is 0 Å². The molecule has 0 saturated heterocycles. The van der Waals surface area contributed by atoms with Gasteiger partial charge in [0.15, 0.2) is 0 Å². The minimum Gasteiger partial charge on any atom is -0.398 e. The van der Waals surface area contributed by atoms with E-state index < -0.39 is 0 Å². The van der Waals surface area contributed by atoms with E-state index in [-0.39, 0.29) is 6.04 Å². The third-order valence-electron chi connectivity index (χ3n) is 2.34. The predicted octanol–water partition coefficient (Wildman–Crippen LogP) is 3.45. The highest BCUT2D eigenvalue weighted by atomic mass is 14.8. The molecule has 2 heteroatoms. The third kappa shape index (κ3) is 3.08. The zero-order valence-corrected chi connectivity index (χ0v) is 9.99. The quantitative estimate of drug-likeness (QED) is 0.594. The van der Waals surface area contributed by atoms with Gasteiger partial charge in [0, 0.05) is 11.4 Å². The molecule has 2 nitrogen and oxygen atoms in total. The van der Waals surface area contributed by atoms with Crippen LogP contribution in [0.1, 0.15) is 39.3 Å². The van der Waals surface area contributed by atoms with Crippen LogP contribution in [0.4, 0.5) is 5.69 Å². The summed E-state index contributed by atoms with van der Waals surface area (Å²) in [6.07, 6.45) is 0. The highest BCUT2D eigenvalue weighted by Crippen LogP contribution is 2.30. The lowest BCUT2D eigenvalue weighted by atomic mass is 9.95. The van der Waals surface area contributed by atoms with Gasteiger partial charge in [0.25, 0.3) is 0 Å². The fourth-order valence-electron chi connectivity index (χ4n) is 1.64. The molecule has 0 spiro atoms. The zero-order valence-electron chi connectivity index (χ0n) is 9.99. The van der Waals surface area contributed by atoms with Gasteiger partial charge >= 0.3 is 0 Å². The first kappa shape index (κ1) is 11.8. The summed E-state index contributed by atoms with van der Waals surface area (Å²) in [5.74, 6) is 0.463. The summed E-state index contributed by atoms with van der Waals surface area (Å²) in [4.78, 5) is 4.64. The van der Waals surface area contributed by atoms with Crippen LogP contribution < -0.4 is 5.73 Å². The Morgan fingerprint density at radius 3 is 2.27 bits per heavy atom. The van der Waals surface area contributed by atoms with Crippen molar-refractivity contribution in [3.8, 4) is 0 Å². The fourth-order valence-corrected chi connectivity index (χ4v) is 1.64. The number of nitrogen functional groups attached to an aromatic ring is 1. The number of para-hydroxylation sites is 1. The van der Waals surface area contributed by atoms with Crippen molar-refractivity contribution in [2.75, 3.05) is 5.73 Å². The van der Waals surface area contributed by atoms with E-state index in [1.807, 2.05) is 32.0 Å². The summed E-state index contributed by atoms with van der Waals surface area (Å²) in [7, 11) is 0. The topological polar surface area (TPSA) is 38.4 Å². The van der Waals surface area contributed by atoms with Crippen molar-refractivity contribution in [2.45, 2.75) is 33.7 Å². The normalized spacial score (nSPS) is 12.6. The molecule has 2 N–H and O–H groups in total. The molecule has 0 aliphatic rings.